The molecule has 0 fully saturated rings. The first-order valence-corrected chi connectivity index (χ1v) is 9.09. The summed E-state index contributed by atoms with van der Waals surface area (Å²) in [6.45, 7) is 4.32. The number of allylic oxidation sites excluding steroid dienone is 4. The van der Waals surface area contributed by atoms with Crippen LogP contribution in [0.3, 0.4) is 0 Å². The molecule has 0 nitrogen and oxygen atoms in total. The molecular formula is C23H18S. The molecule has 24 heavy (non-hydrogen) atoms. The van der Waals surface area contributed by atoms with E-state index in [1.807, 2.05) is 11.8 Å². The van der Waals surface area contributed by atoms with Crippen molar-refractivity contribution in [2.75, 3.05) is 5.75 Å². The van der Waals surface area contributed by atoms with E-state index >= 15 is 0 Å². The Morgan fingerprint density at radius 1 is 0.792 bits per heavy atom. The first kappa shape index (κ1) is 15.0. The van der Waals surface area contributed by atoms with Gasteiger partial charge in [0, 0.05) is 16.2 Å². The zero-order valence-corrected chi connectivity index (χ0v) is 14.2. The Labute approximate surface area is 147 Å². The fourth-order valence-electron chi connectivity index (χ4n) is 3.19. The molecule has 0 aromatic heterocycles. The number of hydrogen-bond donors (Lipinski definition) is 0. The van der Waals surface area contributed by atoms with Gasteiger partial charge < -0.3 is 0 Å². The number of hydrogen-bond acceptors (Lipinski definition) is 1. The molecule has 1 aliphatic heterocycles. The van der Waals surface area contributed by atoms with Crippen molar-refractivity contribution in [3.05, 3.63) is 97.1 Å². The molecule has 0 radical (unpaired) electrons. The molecule has 1 heteroatoms. The quantitative estimate of drug-likeness (QED) is 0.477. The summed E-state index contributed by atoms with van der Waals surface area (Å²) < 4.78 is 0. The molecule has 116 valence electrons. The lowest BCUT2D eigenvalue weighted by Crippen LogP contribution is -1.90. The number of benzene rings is 3. The summed E-state index contributed by atoms with van der Waals surface area (Å²) in [4.78, 5) is 1.30. The number of rotatable bonds is 1. The monoisotopic (exact) mass is 326 g/mol. The maximum absolute atomic E-state index is 4.32. The lowest BCUT2D eigenvalue weighted by molar-refractivity contribution is 1.45. The molecule has 0 N–H and O–H groups in total. The Bertz CT molecular complexity index is 962. The van der Waals surface area contributed by atoms with Crippen molar-refractivity contribution in [1.82, 2.24) is 0 Å². The van der Waals surface area contributed by atoms with Crippen molar-refractivity contribution < 1.29 is 0 Å². The van der Waals surface area contributed by atoms with Crippen molar-refractivity contribution in [2.24, 2.45) is 0 Å². The minimum atomic E-state index is 0.981. The van der Waals surface area contributed by atoms with Crippen molar-refractivity contribution in [2.45, 2.75) is 4.90 Å². The predicted octanol–water partition coefficient (Wildman–Crippen LogP) is 6.74. The molecule has 4 rings (SSSR count). The summed E-state index contributed by atoms with van der Waals surface area (Å²) in [5, 5.41) is 2.56. The van der Waals surface area contributed by atoms with E-state index in [0.717, 1.165) is 11.3 Å². The van der Waals surface area contributed by atoms with Crippen molar-refractivity contribution in [3.8, 4) is 11.1 Å². The standard InChI is InChI=1S/C23H18S/c1-17-9-4-3-7-16-24-22-15-14-20-19(18-10-5-2-6-11-18)12-8-13-21(20)23(17)22/h2-15H,1,16H2/b7-3-,9-4-. The van der Waals surface area contributed by atoms with E-state index in [-0.39, 0.29) is 0 Å². The Balaban J connectivity index is 1.99. The van der Waals surface area contributed by atoms with E-state index in [1.54, 1.807) is 0 Å². The minimum absolute atomic E-state index is 0.981. The second-order valence-corrected chi connectivity index (χ2v) is 6.89. The third kappa shape index (κ3) is 2.72. The zero-order valence-electron chi connectivity index (χ0n) is 13.4. The van der Waals surface area contributed by atoms with Gasteiger partial charge >= 0.3 is 0 Å². The van der Waals surface area contributed by atoms with E-state index in [9.17, 15) is 0 Å². The van der Waals surface area contributed by atoms with Crippen LogP contribution in [-0.2, 0) is 0 Å². The Hall–Kier alpha value is -2.51. The summed E-state index contributed by atoms with van der Waals surface area (Å²) in [5.41, 5.74) is 4.85. The van der Waals surface area contributed by atoms with E-state index in [0.29, 0.717) is 0 Å². The molecule has 0 saturated carbocycles. The predicted molar refractivity (Wildman–Crippen MR) is 107 cm³/mol. The second-order valence-electron chi connectivity index (χ2n) is 5.83. The van der Waals surface area contributed by atoms with Crippen molar-refractivity contribution in [1.29, 1.82) is 0 Å². The minimum Gasteiger partial charge on any atom is -0.121 e. The Morgan fingerprint density at radius 2 is 1.67 bits per heavy atom. The van der Waals surface area contributed by atoms with Gasteiger partial charge in [0.25, 0.3) is 0 Å². The highest BCUT2D eigenvalue weighted by molar-refractivity contribution is 7.99. The van der Waals surface area contributed by atoms with E-state index in [4.69, 9.17) is 0 Å². The fraction of sp³-hybridized carbons (Fsp3) is 0.0435. The maximum Gasteiger partial charge on any atom is 0.0164 e. The van der Waals surface area contributed by atoms with Gasteiger partial charge in [-0.25, -0.2) is 0 Å². The van der Waals surface area contributed by atoms with Crippen LogP contribution in [-0.4, -0.2) is 5.75 Å². The molecule has 0 aliphatic carbocycles. The van der Waals surface area contributed by atoms with E-state index in [2.05, 4.69) is 91.5 Å². The molecule has 0 atom stereocenters. The molecule has 0 saturated heterocycles. The molecule has 3 aromatic rings. The molecule has 0 bridgehead atoms. The largest absolute Gasteiger partial charge is 0.121 e. The summed E-state index contributed by atoms with van der Waals surface area (Å²) in [6.07, 6.45) is 8.48. The average molecular weight is 326 g/mol. The molecule has 3 aromatic carbocycles. The van der Waals surface area contributed by atoms with Gasteiger partial charge in [0.1, 0.15) is 0 Å². The van der Waals surface area contributed by atoms with Gasteiger partial charge in [-0.2, -0.15) is 0 Å². The normalized spacial score (nSPS) is 16.8. The average Bonchev–Trinajstić information content (AvgIpc) is 2.72. The van der Waals surface area contributed by atoms with Crippen LogP contribution in [0, 0.1) is 0 Å². The summed E-state index contributed by atoms with van der Waals surface area (Å²) in [7, 11) is 0. The van der Waals surface area contributed by atoms with Gasteiger partial charge in [-0.1, -0.05) is 85.5 Å². The van der Waals surface area contributed by atoms with Crippen LogP contribution >= 0.6 is 11.8 Å². The second kappa shape index (κ2) is 6.54. The van der Waals surface area contributed by atoms with Gasteiger partial charge in [0.2, 0.25) is 0 Å². The molecule has 1 heterocycles. The number of thioether (sulfide) groups is 1. The van der Waals surface area contributed by atoms with Gasteiger partial charge in [-0.3, -0.25) is 0 Å². The SMILES string of the molecule is C=C1/C=C\C=C/CSc2ccc3c(-c4ccccc4)cccc3c21. The first-order chi connectivity index (χ1) is 11.8. The first-order valence-electron chi connectivity index (χ1n) is 8.11. The molecular weight excluding hydrogens is 308 g/mol. The lowest BCUT2D eigenvalue weighted by Gasteiger charge is -2.15. The van der Waals surface area contributed by atoms with Gasteiger partial charge in [0.05, 0.1) is 0 Å². The van der Waals surface area contributed by atoms with Crippen molar-refractivity contribution >= 4 is 28.1 Å². The fourth-order valence-corrected chi connectivity index (χ4v) is 4.12. The molecule has 0 amide bonds. The van der Waals surface area contributed by atoms with Crippen LogP contribution in [0.25, 0.3) is 27.5 Å². The van der Waals surface area contributed by atoms with Crippen molar-refractivity contribution in [3.63, 3.8) is 0 Å². The van der Waals surface area contributed by atoms with Gasteiger partial charge in [0.15, 0.2) is 0 Å². The van der Waals surface area contributed by atoms with Crippen LogP contribution in [0.15, 0.2) is 96.4 Å². The lowest BCUT2D eigenvalue weighted by atomic mass is 9.93. The summed E-state index contributed by atoms with van der Waals surface area (Å²) >= 11 is 1.87. The molecule has 1 aliphatic rings. The van der Waals surface area contributed by atoms with Crippen LogP contribution in [0.5, 0.6) is 0 Å². The molecule has 0 spiro atoms. The Kier molecular flexibility index (Phi) is 4.10. The van der Waals surface area contributed by atoms with E-state index in [1.165, 1.54) is 32.4 Å². The van der Waals surface area contributed by atoms with E-state index < -0.39 is 0 Å². The van der Waals surface area contributed by atoms with Crippen LogP contribution in [0.2, 0.25) is 0 Å². The third-order valence-electron chi connectivity index (χ3n) is 4.31. The smallest absolute Gasteiger partial charge is 0.0164 e. The van der Waals surface area contributed by atoms with Gasteiger partial charge in [-0.05, 0) is 33.5 Å². The topological polar surface area (TPSA) is 0 Å². The van der Waals surface area contributed by atoms with Crippen LogP contribution in [0.1, 0.15) is 5.56 Å². The van der Waals surface area contributed by atoms with Gasteiger partial charge in [-0.15, -0.1) is 11.8 Å². The van der Waals surface area contributed by atoms with Crippen LogP contribution in [0.4, 0.5) is 0 Å². The maximum atomic E-state index is 4.32. The summed E-state index contributed by atoms with van der Waals surface area (Å²) in [6, 6.07) is 21.6. The third-order valence-corrected chi connectivity index (χ3v) is 5.32. The zero-order chi connectivity index (χ0) is 16.4. The Morgan fingerprint density at radius 3 is 2.54 bits per heavy atom. The summed E-state index contributed by atoms with van der Waals surface area (Å²) in [5.74, 6) is 0.981. The highest BCUT2D eigenvalue weighted by atomic mass is 32.2. The highest BCUT2D eigenvalue weighted by Gasteiger charge is 2.13. The molecule has 0 unspecified atom stereocenters. The van der Waals surface area contributed by atoms with Crippen LogP contribution < -0.4 is 0 Å². The highest BCUT2D eigenvalue weighted by Crippen LogP contribution is 2.38. The number of fused-ring (bicyclic) bond motifs is 3.